The second-order valence-corrected chi connectivity index (χ2v) is 2.96. The summed E-state index contributed by atoms with van der Waals surface area (Å²) in [6.45, 7) is 2.72. The van der Waals surface area contributed by atoms with E-state index >= 15 is 0 Å². The van der Waals surface area contributed by atoms with Crippen molar-refractivity contribution < 1.29 is 0 Å². The fraction of sp³-hybridized carbons (Fsp3) is 0.778. The van der Waals surface area contributed by atoms with E-state index in [1.807, 2.05) is 0 Å². The van der Waals surface area contributed by atoms with Crippen LogP contribution in [0.3, 0.4) is 0 Å². The molecule has 11 heavy (non-hydrogen) atoms. The molecule has 0 spiro atoms. The molecule has 62 valence electrons. The van der Waals surface area contributed by atoms with Gasteiger partial charge in [0.15, 0.2) is 0 Å². The largest absolute Gasteiger partial charge is 0.313 e. The Balaban J connectivity index is 1.77. The average Bonchev–Trinajstić information content (AvgIpc) is 1.93. The van der Waals surface area contributed by atoms with Crippen molar-refractivity contribution >= 4 is 0 Å². The highest BCUT2D eigenvalue weighted by molar-refractivity contribution is 4.86. The van der Waals surface area contributed by atoms with E-state index in [0.29, 0.717) is 6.54 Å². The molecule has 2 N–H and O–H groups in total. The van der Waals surface area contributed by atoms with Crippen molar-refractivity contribution in [3.63, 3.8) is 0 Å². The first-order valence-corrected chi connectivity index (χ1v) is 4.31. The molecule has 1 rings (SSSR count). The molecule has 0 atom stereocenters. The second-order valence-electron chi connectivity index (χ2n) is 2.96. The summed E-state index contributed by atoms with van der Waals surface area (Å²) in [6, 6.07) is 0.794. The van der Waals surface area contributed by atoms with Gasteiger partial charge >= 0.3 is 0 Å². The molecule has 2 heteroatoms. The normalized spacial score (nSPS) is 17.4. The summed E-state index contributed by atoms with van der Waals surface area (Å²) in [4.78, 5) is 0. The van der Waals surface area contributed by atoms with Gasteiger partial charge < -0.3 is 10.6 Å². The highest BCUT2D eigenvalue weighted by Crippen LogP contribution is 2.17. The lowest BCUT2D eigenvalue weighted by Crippen LogP contribution is -2.39. The van der Waals surface area contributed by atoms with E-state index in [2.05, 4.69) is 16.6 Å². The molecular weight excluding hydrogens is 136 g/mol. The summed E-state index contributed by atoms with van der Waals surface area (Å²) in [5, 5.41) is 6.59. The molecule has 1 fully saturated rings. The van der Waals surface area contributed by atoms with Crippen molar-refractivity contribution in [3.8, 4) is 12.3 Å². The minimum Gasteiger partial charge on any atom is -0.313 e. The first-order chi connectivity index (χ1) is 5.43. The fourth-order valence-corrected chi connectivity index (χ4v) is 1.14. The zero-order chi connectivity index (χ0) is 7.94. The van der Waals surface area contributed by atoms with Crippen molar-refractivity contribution in [1.29, 1.82) is 0 Å². The Morgan fingerprint density at radius 1 is 1.36 bits per heavy atom. The van der Waals surface area contributed by atoms with Gasteiger partial charge in [0, 0.05) is 19.1 Å². The van der Waals surface area contributed by atoms with Crippen molar-refractivity contribution in [2.24, 2.45) is 0 Å². The summed E-state index contributed by atoms with van der Waals surface area (Å²) in [5.41, 5.74) is 0. The van der Waals surface area contributed by atoms with Crippen molar-refractivity contribution in [2.75, 3.05) is 19.6 Å². The fourth-order valence-electron chi connectivity index (χ4n) is 1.14. The molecule has 0 amide bonds. The maximum absolute atomic E-state index is 5.07. The first kappa shape index (κ1) is 8.58. The minimum absolute atomic E-state index is 0.687. The summed E-state index contributed by atoms with van der Waals surface area (Å²) >= 11 is 0. The van der Waals surface area contributed by atoms with Crippen LogP contribution < -0.4 is 10.6 Å². The molecule has 1 aliphatic rings. The average molecular weight is 152 g/mol. The van der Waals surface area contributed by atoms with Gasteiger partial charge in [0.1, 0.15) is 0 Å². The van der Waals surface area contributed by atoms with E-state index in [0.717, 1.165) is 19.1 Å². The highest BCUT2D eigenvalue weighted by atomic mass is 15.0. The van der Waals surface area contributed by atoms with Gasteiger partial charge in [-0.05, 0) is 12.8 Å². The Bertz CT molecular complexity index is 133. The molecule has 0 bridgehead atoms. The van der Waals surface area contributed by atoms with Crippen molar-refractivity contribution in [1.82, 2.24) is 10.6 Å². The van der Waals surface area contributed by atoms with E-state index in [-0.39, 0.29) is 0 Å². The Morgan fingerprint density at radius 3 is 2.73 bits per heavy atom. The molecule has 0 radical (unpaired) electrons. The molecule has 0 heterocycles. The monoisotopic (exact) mass is 152 g/mol. The number of rotatable bonds is 5. The molecule has 0 unspecified atom stereocenters. The van der Waals surface area contributed by atoms with Crippen LogP contribution in [0.25, 0.3) is 0 Å². The van der Waals surface area contributed by atoms with Gasteiger partial charge in [-0.15, -0.1) is 6.42 Å². The van der Waals surface area contributed by atoms with Crippen LogP contribution >= 0.6 is 0 Å². The van der Waals surface area contributed by atoms with Gasteiger partial charge in [-0.2, -0.15) is 0 Å². The molecule has 1 saturated carbocycles. The van der Waals surface area contributed by atoms with Crippen molar-refractivity contribution in [3.05, 3.63) is 0 Å². The van der Waals surface area contributed by atoms with Gasteiger partial charge in [-0.1, -0.05) is 12.3 Å². The van der Waals surface area contributed by atoms with Crippen LogP contribution in [0.5, 0.6) is 0 Å². The first-order valence-electron chi connectivity index (χ1n) is 4.31. The predicted octanol–water partition coefficient (Wildman–Crippen LogP) is 0.351. The molecule has 0 aromatic heterocycles. The van der Waals surface area contributed by atoms with Gasteiger partial charge in [0.25, 0.3) is 0 Å². The third-order valence-corrected chi connectivity index (χ3v) is 2.07. The Labute approximate surface area is 68.8 Å². The van der Waals surface area contributed by atoms with Crippen LogP contribution in [0.15, 0.2) is 0 Å². The van der Waals surface area contributed by atoms with Crippen LogP contribution in [0, 0.1) is 12.3 Å². The zero-order valence-electron chi connectivity index (χ0n) is 6.90. The van der Waals surface area contributed by atoms with Crippen LogP contribution in [-0.4, -0.2) is 25.7 Å². The van der Waals surface area contributed by atoms with Gasteiger partial charge in [0.05, 0.1) is 6.54 Å². The molecule has 0 aliphatic heterocycles. The van der Waals surface area contributed by atoms with E-state index in [1.54, 1.807) is 0 Å². The van der Waals surface area contributed by atoms with E-state index in [1.165, 1.54) is 19.3 Å². The van der Waals surface area contributed by atoms with Gasteiger partial charge in [-0.3, -0.25) is 0 Å². The standard InChI is InChI=1S/C9H16N2/c1-2-6-10-7-8-11-9-4-3-5-9/h1,9-11H,3-8H2. The lowest BCUT2D eigenvalue weighted by atomic mass is 9.93. The maximum Gasteiger partial charge on any atom is 0.0574 e. The van der Waals surface area contributed by atoms with Crippen LogP contribution in [0.1, 0.15) is 19.3 Å². The van der Waals surface area contributed by atoms with Crippen LogP contribution in [0.2, 0.25) is 0 Å². The summed E-state index contributed by atoms with van der Waals surface area (Å²) in [6.07, 6.45) is 9.19. The summed E-state index contributed by atoms with van der Waals surface area (Å²) < 4.78 is 0. The van der Waals surface area contributed by atoms with Gasteiger partial charge in [-0.25, -0.2) is 0 Å². The van der Waals surface area contributed by atoms with E-state index in [9.17, 15) is 0 Å². The Kier molecular flexibility index (Phi) is 4.03. The maximum atomic E-state index is 5.07. The zero-order valence-corrected chi connectivity index (χ0v) is 6.90. The van der Waals surface area contributed by atoms with Crippen LogP contribution in [0.4, 0.5) is 0 Å². The highest BCUT2D eigenvalue weighted by Gasteiger charge is 2.15. The summed E-state index contributed by atoms with van der Waals surface area (Å²) in [7, 11) is 0. The minimum atomic E-state index is 0.687. The topological polar surface area (TPSA) is 24.1 Å². The third kappa shape index (κ3) is 3.41. The van der Waals surface area contributed by atoms with Gasteiger partial charge in [0.2, 0.25) is 0 Å². The number of hydrogen-bond donors (Lipinski definition) is 2. The second kappa shape index (κ2) is 5.17. The molecule has 0 aromatic rings. The van der Waals surface area contributed by atoms with Crippen LogP contribution in [-0.2, 0) is 0 Å². The Morgan fingerprint density at radius 2 is 2.18 bits per heavy atom. The quantitative estimate of drug-likeness (QED) is 0.439. The third-order valence-electron chi connectivity index (χ3n) is 2.07. The predicted molar refractivity (Wildman–Crippen MR) is 47.3 cm³/mol. The smallest absolute Gasteiger partial charge is 0.0574 e. The van der Waals surface area contributed by atoms with E-state index in [4.69, 9.17) is 6.42 Å². The van der Waals surface area contributed by atoms with E-state index < -0.39 is 0 Å². The number of hydrogen-bond acceptors (Lipinski definition) is 2. The number of terminal acetylenes is 1. The molecule has 0 aromatic carbocycles. The molecular formula is C9H16N2. The van der Waals surface area contributed by atoms with Crippen molar-refractivity contribution in [2.45, 2.75) is 25.3 Å². The lowest BCUT2D eigenvalue weighted by molar-refractivity contribution is 0.340. The SMILES string of the molecule is C#CCNCCNC1CCC1. The summed E-state index contributed by atoms with van der Waals surface area (Å²) in [5.74, 6) is 2.54. The lowest BCUT2D eigenvalue weighted by Gasteiger charge is -2.26. The Hall–Kier alpha value is -0.520. The number of nitrogens with one attached hydrogen (secondary N) is 2. The molecule has 2 nitrogen and oxygen atoms in total. The molecule has 1 aliphatic carbocycles. The molecule has 0 saturated heterocycles.